The van der Waals surface area contributed by atoms with E-state index in [1.807, 2.05) is 0 Å². The summed E-state index contributed by atoms with van der Waals surface area (Å²) in [6, 6.07) is 0. The summed E-state index contributed by atoms with van der Waals surface area (Å²) in [5.41, 5.74) is 0.654. The molecule has 0 heterocycles. The number of hydrogen-bond acceptors (Lipinski definition) is 5. The first-order valence-corrected chi connectivity index (χ1v) is 13.7. The van der Waals surface area contributed by atoms with Crippen LogP contribution in [0.15, 0.2) is 22.8 Å². The Kier molecular flexibility index (Phi) is 6.71. The number of rotatable bonds is 5. The average Bonchev–Trinajstić information content (AvgIpc) is 2.97. The lowest BCUT2D eigenvalue weighted by molar-refractivity contribution is -0.134. The fraction of sp³-hybridized carbons (Fsp3) is 0.800. The van der Waals surface area contributed by atoms with E-state index in [9.17, 15) is 24.9 Å². The molecule has 0 aromatic carbocycles. The van der Waals surface area contributed by atoms with Crippen molar-refractivity contribution >= 4 is 11.8 Å². The molecule has 2 fully saturated rings. The number of aliphatic hydroxyl groups is 3. The molecule has 4 aliphatic carbocycles. The predicted molar refractivity (Wildman–Crippen MR) is 138 cm³/mol. The fourth-order valence-corrected chi connectivity index (χ4v) is 9.41. The van der Waals surface area contributed by atoms with Crippen molar-refractivity contribution in [2.45, 2.75) is 112 Å². The van der Waals surface area contributed by atoms with E-state index in [1.165, 1.54) is 13.0 Å². The molecule has 4 N–H and O–H groups in total. The van der Waals surface area contributed by atoms with Crippen LogP contribution in [0.5, 0.6) is 0 Å². The predicted octanol–water partition coefficient (Wildman–Crippen LogP) is 4.66. The first kappa shape index (κ1) is 27.5. The molecule has 4 rings (SSSR count). The zero-order valence-electron chi connectivity index (χ0n) is 23.1. The summed E-state index contributed by atoms with van der Waals surface area (Å²) >= 11 is 0. The van der Waals surface area contributed by atoms with E-state index in [0.29, 0.717) is 25.7 Å². The summed E-state index contributed by atoms with van der Waals surface area (Å²) in [5, 5.41) is 42.2. The van der Waals surface area contributed by atoms with Crippen LogP contribution in [0.1, 0.15) is 93.4 Å². The number of allylic oxidation sites excluding steroid dienone is 1. The molecule has 4 aliphatic rings. The fourth-order valence-electron chi connectivity index (χ4n) is 9.41. The molecule has 0 aliphatic heterocycles. The summed E-state index contributed by atoms with van der Waals surface area (Å²) < 4.78 is 0. The van der Waals surface area contributed by atoms with Crippen LogP contribution >= 0.6 is 0 Å². The molecule has 0 saturated heterocycles. The second-order valence-corrected chi connectivity index (χ2v) is 13.8. The Morgan fingerprint density at radius 1 is 1.11 bits per heavy atom. The van der Waals surface area contributed by atoms with Crippen LogP contribution in [-0.2, 0) is 9.59 Å². The lowest BCUT2D eigenvalue weighted by atomic mass is 9.43. The maximum atomic E-state index is 14.1. The van der Waals surface area contributed by atoms with Gasteiger partial charge >= 0.3 is 5.97 Å². The van der Waals surface area contributed by atoms with Crippen molar-refractivity contribution < 1.29 is 30.0 Å². The van der Waals surface area contributed by atoms with Crippen molar-refractivity contribution in [3.05, 3.63) is 22.8 Å². The van der Waals surface area contributed by atoms with Crippen LogP contribution in [0.25, 0.3) is 0 Å². The van der Waals surface area contributed by atoms with Gasteiger partial charge in [0.2, 0.25) is 0 Å². The van der Waals surface area contributed by atoms with E-state index in [2.05, 4.69) is 41.5 Å². The number of carboxylic acids is 1. The van der Waals surface area contributed by atoms with Gasteiger partial charge in [0.1, 0.15) is 0 Å². The molecular formula is C30H46O6. The number of hydrogen-bond donors (Lipinski definition) is 4. The molecule has 36 heavy (non-hydrogen) atoms. The lowest BCUT2D eigenvalue weighted by Gasteiger charge is -2.61. The van der Waals surface area contributed by atoms with Gasteiger partial charge < -0.3 is 20.4 Å². The second kappa shape index (κ2) is 8.78. The minimum Gasteiger partial charge on any atom is -0.478 e. The van der Waals surface area contributed by atoms with Crippen molar-refractivity contribution in [1.82, 2.24) is 0 Å². The number of aliphatic carboxylic acids is 1. The van der Waals surface area contributed by atoms with Gasteiger partial charge in [0.25, 0.3) is 0 Å². The summed E-state index contributed by atoms with van der Waals surface area (Å²) in [5.74, 6) is -0.601. The Hall–Kier alpha value is -1.50. The minimum absolute atomic E-state index is 0.00459. The number of carboxylic acid groups (broad SMARTS) is 1. The molecule has 0 radical (unpaired) electrons. The number of fused-ring (bicyclic) bond motifs is 4. The first-order valence-electron chi connectivity index (χ1n) is 13.7. The molecule has 6 nitrogen and oxygen atoms in total. The van der Waals surface area contributed by atoms with E-state index < -0.39 is 29.0 Å². The van der Waals surface area contributed by atoms with Gasteiger partial charge in [-0.3, -0.25) is 4.79 Å². The first-order chi connectivity index (χ1) is 16.5. The van der Waals surface area contributed by atoms with Crippen LogP contribution in [0.3, 0.4) is 0 Å². The van der Waals surface area contributed by atoms with Crippen molar-refractivity contribution in [3.8, 4) is 0 Å². The van der Waals surface area contributed by atoms with Crippen LogP contribution < -0.4 is 0 Å². The zero-order valence-corrected chi connectivity index (χ0v) is 23.1. The third-order valence-electron chi connectivity index (χ3n) is 11.7. The quantitative estimate of drug-likeness (QED) is 0.406. The maximum absolute atomic E-state index is 14.1. The van der Waals surface area contributed by atoms with E-state index in [1.54, 1.807) is 0 Å². The molecular weight excluding hydrogens is 456 g/mol. The van der Waals surface area contributed by atoms with E-state index >= 15 is 0 Å². The maximum Gasteiger partial charge on any atom is 0.331 e. The smallest absolute Gasteiger partial charge is 0.331 e. The highest BCUT2D eigenvalue weighted by Crippen LogP contribution is 2.71. The summed E-state index contributed by atoms with van der Waals surface area (Å²) in [6.45, 7) is 14.3. The van der Waals surface area contributed by atoms with Crippen LogP contribution in [-0.4, -0.2) is 50.5 Å². The van der Waals surface area contributed by atoms with E-state index in [0.717, 1.165) is 30.4 Å². The number of carbonyl (C=O) groups is 2. The summed E-state index contributed by atoms with van der Waals surface area (Å²) in [6.07, 6.45) is 4.03. The number of aliphatic hydroxyl groups excluding tert-OH is 3. The van der Waals surface area contributed by atoms with Gasteiger partial charge in [0.05, 0.1) is 18.3 Å². The zero-order chi connectivity index (χ0) is 27.0. The normalized spacial score (nSPS) is 43.9. The Morgan fingerprint density at radius 2 is 1.75 bits per heavy atom. The van der Waals surface area contributed by atoms with Gasteiger partial charge in [-0.05, 0) is 85.5 Å². The lowest BCUT2D eigenvalue weighted by Crippen LogP contribution is -2.58. The summed E-state index contributed by atoms with van der Waals surface area (Å²) in [4.78, 5) is 25.2. The Morgan fingerprint density at radius 3 is 2.36 bits per heavy atom. The van der Waals surface area contributed by atoms with Gasteiger partial charge in [-0.1, -0.05) is 47.1 Å². The van der Waals surface area contributed by atoms with Gasteiger partial charge in [0.15, 0.2) is 5.78 Å². The van der Waals surface area contributed by atoms with Gasteiger partial charge in [-0.25, -0.2) is 4.79 Å². The van der Waals surface area contributed by atoms with Gasteiger partial charge in [-0.2, -0.15) is 0 Å². The van der Waals surface area contributed by atoms with Gasteiger partial charge in [-0.15, -0.1) is 0 Å². The molecule has 6 heteroatoms. The highest BCUT2D eigenvalue weighted by Gasteiger charge is 2.68. The topological polar surface area (TPSA) is 115 Å². The molecule has 0 amide bonds. The Labute approximate surface area is 215 Å². The molecule has 0 spiro atoms. The number of carbonyl (C=O) groups excluding carboxylic acids is 1. The molecule has 0 aromatic rings. The molecule has 0 unspecified atom stereocenters. The number of ketones is 1. The Balaban J connectivity index is 1.72. The van der Waals surface area contributed by atoms with Crippen LogP contribution in [0, 0.1) is 39.4 Å². The standard InChI is InChI=1S/C30H46O6/c1-16(12-18(31)13-17(2)26(35)36)20-14-24(34)30(7)19-8-9-22-27(3,4)23(33)10-11-28(22,5)25(19)21(32)15-29(20,30)6/h13,16,18,20,22-24,31,33-34H,8-12,14-15H2,1-7H3,(H,35,36)/b17-13-/t16-,18-,20-,22+,23+,24+,28+,29-,30-/m1/s1. The Bertz CT molecular complexity index is 1010. The third kappa shape index (κ3) is 3.69. The van der Waals surface area contributed by atoms with Crippen LogP contribution in [0.4, 0.5) is 0 Å². The van der Waals surface area contributed by atoms with Crippen molar-refractivity contribution in [2.24, 2.45) is 39.4 Å². The highest BCUT2D eigenvalue weighted by atomic mass is 16.4. The molecule has 0 bridgehead atoms. The minimum atomic E-state index is -1.04. The highest BCUT2D eigenvalue weighted by molar-refractivity contribution is 6.00. The molecule has 0 aromatic heterocycles. The van der Waals surface area contributed by atoms with E-state index in [4.69, 9.17) is 5.11 Å². The number of Topliss-reactive ketones (excluding diaryl/α,β-unsaturated/α-hetero) is 1. The molecule has 2 saturated carbocycles. The van der Waals surface area contributed by atoms with Gasteiger partial charge in [0, 0.05) is 23.0 Å². The monoisotopic (exact) mass is 502 g/mol. The average molecular weight is 503 g/mol. The SMILES string of the molecule is C/C(=C/[C@H](O)C[C@@H](C)[C@H]1C[C@H](O)[C@@]2(C)C3=C(C(=O)C[C@]12C)[C@@]1(C)CC[C@H](O)C(C)(C)[C@@H]1CC3)C(=O)O. The van der Waals surface area contributed by atoms with E-state index in [-0.39, 0.29) is 46.0 Å². The largest absolute Gasteiger partial charge is 0.478 e. The summed E-state index contributed by atoms with van der Waals surface area (Å²) in [7, 11) is 0. The van der Waals surface area contributed by atoms with Crippen molar-refractivity contribution in [1.29, 1.82) is 0 Å². The van der Waals surface area contributed by atoms with Crippen molar-refractivity contribution in [3.63, 3.8) is 0 Å². The third-order valence-corrected chi connectivity index (χ3v) is 11.7. The van der Waals surface area contributed by atoms with Crippen molar-refractivity contribution in [2.75, 3.05) is 0 Å². The second-order valence-electron chi connectivity index (χ2n) is 13.8. The molecule has 202 valence electrons. The molecule has 9 atom stereocenters. The van der Waals surface area contributed by atoms with Crippen LogP contribution in [0.2, 0.25) is 0 Å².